The van der Waals surface area contributed by atoms with E-state index in [4.69, 9.17) is 25.5 Å². The minimum absolute atomic E-state index is 0.0105. The maximum Gasteiger partial charge on any atom is 0.283 e. The van der Waals surface area contributed by atoms with Crippen molar-refractivity contribution in [2.75, 3.05) is 6.61 Å². The SMILES string of the molecule is N#Cc1cncc(-c2ccc3c(c2)C2(COC(N)=N2)[C@H]2C[C@@H](O)CCC2O3)c1. The van der Waals surface area contributed by atoms with Gasteiger partial charge in [0.05, 0.1) is 11.7 Å². The Balaban J connectivity index is 1.66. The molecule has 3 heterocycles. The molecule has 0 radical (unpaired) electrons. The zero-order valence-electron chi connectivity index (χ0n) is 15.2. The molecule has 5 rings (SSSR count). The molecule has 1 spiro atoms. The van der Waals surface area contributed by atoms with Crippen LogP contribution in [0.5, 0.6) is 5.75 Å². The van der Waals surface area contributed by atoms with Gasteiger partial charge >= 0.3 is 0 Å². The van der Waals surface area contributed by atoms with Crippen LogP contribution in [0.4, 0.5) is 0 Å². The Kier molecular flexibility index (Phi) is 3.78. The Morgan fingerprint density at radius 2 is 2.11 bits per heavy atom. The van der Waals surface area contributed by atoms with Gasteiger partial charge in [-0.1, -0.05) is 6.07 Å². The monoisotopic (exact) mass is 376 g/mol. The van der Waals surface area contributed by atoms with Crippen LogP contribution in [-0.4, -0.2) is 34.9 Å². The average Bonchev–Trinajstić information content (AvgIpc) is 3.11. The van der Waals surface area contributed by atoms with E-state index in [-0.39, 0.29) is 24.1 Å². The van der Waals surface area contributed by atoms with Crippen molar-refractivity contribution in [1.82, 2.24) is 4.98 Å². The smallest absolute Gasteiger partial charge is 0.283 e. The number of aliphatic imine (C=N–C) groups is 1. The van der Waals surface area contributed by atoms with E-state index in [1.165, 1.54) is 6.20 Å². The summed E-state index contributed by atoms with van der Waals surface area (Å²) in [4.78, 5) is 8.88. The minimum Gasteiger partial charge on any atom is -0.490 e. The maximum absolute atomic E-state index is 10.3. The van der Waals surface area contributed by atoms with E-state index in [0.717, 1.165) is 35.3 Å². The van der Waals surface area contributed by atoms with Crippen LogP contribution in [0.1, 0.15) is 30.4 Å². The van der Waals surface area contributed by atoms with Gasteiger partial charge in [-0.15, -0.1) is 0 Å². The summed E-state index contributed by atoms with van der Waals surface area (Å²) in [5.41, 5.74) is 8.43. The topological polar surface area (TPSA) is 114 Å². The third-order valence-corrected chi connectivity index (χ3v) is 6.05. The summed E-state index contributed by atoms with van der Waals surface area (Å²) in [5.74, 6) is 0.761. The van der Waals surface area contributed by atoms with Crippen LogP contribution in [0, 0.1) is 17.2 Å². The van der Waals surface area contributed by atoms with Gasteiger partial charge in [-0.05, 0) is 43.0 Å². The van der Waals surface area contributed by atoms with Crippen molar-refractivity contribution in [3.05, 3.63) is 47.8 Å². The Labute approximate surface area is 162 Å². The first-order valence-electron chi connectivity index (χ1n) is 9.42. The molecule has 28 heavy (non-hydrogen) atoms. The van der Waals surface area contributed by atoms with Gasteiger partial charge in [-0.2, -0.15) is 5.26 Å². The van der Waals surface area contributed by atoms with E-state index in [1.54, 1.807) is 12.3 Å². The highest BCUT2D eigenvalue weighted by molar-refractivity contribution is 5.75. The summed E-state index contributed by atoms with van der Waals surface area (Å²) < 4.78 is 11.9. The fourth-order valence-corrected chi connectivity index (χ4v) is 4.71. The lowest BCUT2D eigenvalue weighted by Crippen LogP contribution is -2.51. The number of aliphatic hydroxyl groups excluding tert-OH is 1. The van der Waals surface area contributed by atoms with Crippen molar-refractivity contribution in [3.63, 3.8) is 0 Å². The molecule has 2 unspecified atom stereocenters. The largest absolute Gasteiger partial charge is 0.490 e. The maximum atomic E-state index is 10.3. The van der Waals surface area contributed by atoms with Crippen LogP contribution >= 0.6 is 0 Å². The quantitative estimate of drug-likeness (QED) is 0.788. The number of hydrogen-bond acceptors (Lipinski definition) is 7. The van der Waals surface area contributed by atoms with Crippen LogP contribution in [0.15, 0.2) is 41.7 Å². The predicted octanol–water partition coefficient (Wildman–Crippen LogP) is 2.08. The van der Waals surface area contributed by atoms with Crippen LogP contribution in [-0.2, 0) is 10.3 Å². The van der Waals surface area contributed by atoms with Gasteiger partial charge in [0.15, 0.2) is 0 Å². The molecule has 4 atom stereocenters. The Morgan fingerprint density at radius 3 is 2.89 bits per heavy atom. The molecule has 1 saturated carbocycles. The third kappa shape index (κ3) is 2.53. The van der Waals surface area contributed by atoms with E-state index in [2.05, 4.69) is 11.1 Å². The summed E-state index contributed by atoms with van der Waals surface area (Å²) in [5, 5.41) is 19.5. The number of nitriles is 1. The summed E-state index contributed by atoms with van der Waals surface area (Å²) in [6.45, 7) is 0.336. The molecule has 1 aromatic carbocycles. The Hall–Kier alpha value is -3.11. The van der Waals surface area contributed by atoms with Gasteiger partial charge in [0, 0.05) is 29.4 Å². The normalized spacial score (nSPS) is 30.4. The summed E-state index contributed by atoms with van der Waals surface area (Å²) in [6, 6.07) is 10.0. The van der Waals surface area contributed by atoms with Gasteiger partial charge < -0.3 is 20.3 Å². The zero-order valence-corrected chi connectivity index (χ0v) is 15.2. The fourth-order valence-electron chi connectivity index (χ4n) is 4.71. The van der Waals surface area contributed by atoms with Crippen molar-refractivity contribution in [2.24, 2.45) is 16.6 Å². The van der Waals surface area contributed by atoms with E-state index in [0.29, 0.717) is 18.6 Å². The number of aliphatic hydroxyl groups is 1. The number of nitrogens with zero attached hydrogens (tertiary/aromatic N) is 3. The van der Waals surface area contributed by atoms with E-state index in [1.807, 2.05) is 18.2 Å². The van der Waals surface area contributed by atoms with E-state index >= 15 is 0 Å². The molecule has 0 amide bonds. The van der Waals surface area contributed by atoms with Crippen molar-refractivity contribution in [2.45, 2.75) is 37.0 Å². The first kappa shape index (κ1) is 17.0. The molecule has 2 aromatic rings. The van der Waals surface area contributed by atoms with Crippen LogP contribution < -0.4 is 10.5 Å². The van der Waals surface area contributed by atoms with Crippen molar-refractivity contribution in [3.8, 4) is 22.9 Å². The van der Waals surface area contributed by atoms with Crippen molar-refractivity contribution < 1.29 is 14.6 Å². The molecule has 142 valence electrons. The molecule has 3 aliphatic rings. The molecule has 1 aliphatic carbocycles. The summed E-state index contributed by atoms with van der Waals surface area (Å²) in [6.07, 6.45) is 4.96. The first-order chi connectivity index (χ1) is 13.6. The number of hydrogen-bond donors (Lipinski definition) is 2. The average molecular weight is 376 g/mol. The van der Waals surface area contributed by atoms with Gasteiger partial charge in [0.2, 0.25) is 0 Å². The third-order valence-electron chi connectivity index (χ3n) is 6.05. The number of aromatic nitrogens is 1. The molecular weight excluding hydrogens is 356 g/mol. The van der Waals surface area contributed by atoms with Crippen LogP contribution in [0.25, 0.3) is 11.1 Å². The highest BCUT2D eigenvalue weighted by atomic mass is 16.5. The number of benzene rings is 1. The molecule has 7 heteroatoms. The standard InChI is InChI=1S/C21H20N4O3/c22-8-12-5-14(10-24-9-12)13-1-3-18-16(6-13)21(11-27-20(23)25-21)17-7-15(26)2-4-19(17)28-18/h1,3,5-6,9-10,15,17,19,26H,2,4,7,11H2,(H2,23,25)/t15-,17-,19?,21?/m0/s1. The number of fused-ring (bicyclic) bond motifs is 4. The first-order valence-corrected chi connectivity index (χ1v) is 9.42. The Bertz CT molecular complexity index is 1010. The lowest BCUT2D eigenvalue weighted by molar-refractivity contribution is -0.0359. The molecular formula is C21H20N4O3. The van der Waals surface area contributed by atoms with Gasteiger partial charge in [-0.3, -0.25) is 4.98 Å². The highest BCUT2D eigenvalue weighted by Gasteiger charge is 2.55. The summed E-state index contributed by atoms with van der Waals surface area (Å²) >= 11 is 0. The van der Waals surface area contributed by atoms with Crippen LogP contribution in [0.2, 0.25) is 0 Å². The molecule has 2 aliphatic heterocycles. The van der Waals surface area contributed by atoms with E-state index in [9.17, 15) is 5.11 Å². The molecule has 0 bridgehead atoms. The summed E-state index contributed by atoms with van der Waals surface area (Å²) in [7, 11) is 0. The number of pyridine rings is 1. The van der Waals surface area contributed by atoms with Gasteiger partial charge in [0.1, 0.15) is 30.1 Å². The van der Waals surface area contributed by atoms with Gasteiger partial charge in [-0.25, -0.2) is 4.99 Å². The predicted molar refractivity (Wildman–Crippen MR) is 101 cm³/mol. The number of ether oxygens (including phenoxy) is 2. The lowest BCUT2D eigenvalue weighted by Gasteiger charge is -2.47. The molecule has 1 aromatic heterocycles. The second kappa shape index (κ2) is 6.21. The molecule has 1 fully saturated rings. The molecule has 7 nitrogen and oxygen atoms in total. The number of nitrogens with two attached hydrogens (primary N) is 1. The number of amidine groups is 1. The molecule has 3 N–H and O–H groups in total. The lowest BCUT2D eigenvalue weighted by atomic mass is 9.67. The minimum atomic E-state index is -0.667. The fraction of sp³-hybridized carbons (Fsp3) is 0.381. The van der Waals surface area contributed by atoms with Crippen molar-refractivity contribution >= 4 is 6.02 Å². The van der Waals surface area contributed by atoms with E-state index < -0.39 is 5.54 Å². The van der Waals surface area contributed by atoms with Crippen molar-refractivity contribution in [1.29, 1.82) is 5.26 Å². The van der Waals surface area contributed by atoms with Gasteiger partial charge in [0.25, 0.3) is 6.02 Å². The second-order valence-electron chi connectivity index (χ2n) is 7.68. The zero-order chi connectivity index (χ0) is 19.3. The molecule has 0 saturated heterocycles. The van der Waals surface area contributed by atoms with Crippen LogP contribution in [0.3, 0.4) is 0 Å². The Morgan fingerprint density at radius 1 is 1.21 bits per heavy atom. The second-order valence-corrected chi connectivity index (χ2v) is 7.68. The number of rotatable bonds is 1. The highest BCUT2D eigenvalue weighted by Crippen LogP contribution is 2.52.